The molecular weight excluding hydrogens is 522 g/mol. The van der Waals surface area contributed by atoms with Gasteiger partial charge in [-0.3, -0.25) is 0 Å². The second-order valence-corrected chi connectivity index (χ2v) is 10.9. The van der Waals surface area contributed by atoms with Crippen LogP contribution in [-0.2, 0) is 33.8 Å². The highest BCUT2D eigenvalue weighted by Gasteiger charge is 2.36. The van der Waals surface area contributed by atoms with Crippen LogP contribution in [0.5, 0.6) is 0 Å². The summed E-state index contributed by atoms with van der Waals surface area (Å²) in [7, 11) is -1.20. The van der Waals surface area contributed by atoms with Crippen LogP contribution in [-0.4, -0.2) is 78.4 Å². The van der Waals surface area contributed by atoms with Crippen molar-refractivity contribution in [2.24, 2.45) is 0 Å². The quantitative estimate of drug-likeness (QED) is 0.502. The SMILES string of the molecule is COC(=O)C1=C(C(=O)OC)N(c2cccc(Cl)c2N2CCN(S(=O)(=O)c3ccc(C)cc3)CC2)COC1. The Morgan fingerprint density at radius 2 is 1.59 bits per heavy atom. The average Bonchev–Trinajstić information content (AvgIpc) is 2.92. The van der Waals surface area contributed by atoms with Gasteiger partial charge in [0.05, 0.1) is 47.7 Å². The molecule has 0 saturated carbocycles. The molecule has 0 atom stereocenters. The minimum Gasteiger partial charge on any atom is -0.466 e. The normalized spacial score (nSPS) is 17.1. The summed E-state index contributed by atoms with van der Waals surface area (Å²) < 4.78 is 43.2. The predicted molar refractivity (Wildman–Crippen MR) is 138 cm³/mol. The molecule has 2 heterocycles. The van der Waals surface area contributed by atoms with Crippen molar-refractivity contribution in [2.45, 2.75) is 11.8 Å². The summed E-state index contributed by atoms with van der Waals surface area (Å²) in [6.07, 6.45) is 0. The standard InChI is InChI=1S/C25H28ClN3O7S/c1-17-7-9-18(10-8-17)37(32,33)28-13-11-27(12-14-28)23-20(26)5-4-6-21(23)29-16-36-15-19(24(30)34-2)22(29)25(31)35-3/h4-10H,11-16H2,1-3H3. The largest absolute Gasteiger partial charge is 0.466 e. The lowest BCUT2D eigenvalue weighted by Gasteiger charge is -2.39. The smallest absolute Gasteiger partial charge is 0.355 e. The number of hydrogen-bond donors (Lipinski definition) is 0. The number of carbonyl (C=O) groups excluding carboxylic acids is 2. The molecule has 198 valence electrons. The maximum absolute atomic E-state index is 13.2. The van der Waals surface area contributed by atoms with Crippen molar-refractivity contribution in [3.63, 3.8) is 0 Å². The second-order valence-electron chi connectivity index (χ2n) is 8.53. The molecule has 0 bridgehead atoms. The molecule has 10 nitrogen and oxygen atoms in total. The lowest BCUT2D eigenvalue weighted by molar-refractivity contribution is -0.140. The number of piperazine rings is 1. The highest BCUT2D eigenvalue weighted by Crippen LogP contribution is 2.40. The lowest BCUT2D eigenvalue weighted by atomic mass is 10.1. The molecular formula is C25H28ClN3O7S. The molecule has 0 aliphatic carbocycles. The Hall–Kier alpha value is -3.12. The first kappa shape index (κ1) is 26.9. The number of sulfonamides is 1. The van der Waals surface area contributed by atoms with Crippen molar-refractivity contribution in [2.75, 3.05) is 63.5 Å². The molecule has 0 aromatic heterocycles. The predicted octanol–water partition coefficient (Wildman–Crippen LogP) is 2.55. The molecule has 37 heavy (non-hydrogen) atoms. The van der Waals surface area contributed by atoms with Gasteiger partial charge in [0.15, 0.2) is 0 Å². The zero-order valence-corrected chi connectivity index (χ0v) is 22.3. The molecule has 0 spiro atoms. The van der Waals surface area contributed by atoms with E-state index in [0.29, 0.717) is 29.5 Å². The number of carbonyl (C=O) groups is 2. The van der Waals surface area contributed by atoms with Crippen molar-refractivity contribution in [3.05, 3.63) is 64.3 Å². The Bertz CT molecular complexity index is 1320. The minimum absolute atomic E-state index is 0.00435. The Labute approximate surface area is 221 Å². The molecule has 0 radical (unpaired) electrons. The molecule has 4 rings (SSSR count). The lowest BCUT2D eigenvalue weighted by Crippen LogP contribution is -2.49. The summed E-state index contributed by atoms with van der Waals surface area (Å²) in [4.78, 5) is 28.9. The highest BCUT2D eigenvalue weighted by molar-refractivity contribution is 7.89. The number of ether oxygens (including phenoxy) is 3. The van der Waals surface area contributed by atoms with E-state index in [2.05, 4.69) is 0 Å². The van der Waals surface area contributed by atoms with Crippen LogP contribution in [0.4, 0.5) is 11.4 Å². The Morgan fingerprint density at radius 1 is 0.946 bits per heavy atom. The van der Waals surface area contributed by atoms with Gasteiger partial charge in [0.1, 0.15) is 12.4 Å². The van der Waals surface area contributed by atoms with Gasteiger partial charge in [0, 0.05) is 26.2 Å². The van der Waals surface area contributed by atoms with Gasteiger partial charge in [-0.25, -0.2) is 18.0 Å². The number of anilines is 2. The maximum atomic E-state index is 13.2. The fourth-order valence-corrected chi connectivity index (χ4v) is 6.09. The number of nitrogens with zero attached hydrogens (tertiary/aromatic N) is 3. The van der Waals surface area contributed by atoms with Gasteiger partial charge in [0.2, 0.25) is 10.0 Å². The third-order valence-electron chi connectivity index (χ3n) is 6.30. The summed E-state index contributed by atoms with van der Waals surface area (Å²) in [5.41, 5.74) is 2.12. The van der Waals surface area contributed by atoms with Crippen molar-refractivity contribution >= 4 is 44.9 Å². The van der Waals surface area contributed by atoms with Gasteiger partial charge in [-0.15, -0.1) is 0 Å². The van der Waals surface area contributed by atoms with Crippen LogP contribution < -0.4 is 9.80 Å². The molecule has 1 fully saturated rings. The van der Waals surface area contributed by atoms with E-state index in [4.69, 9.17) is 25.8 Å². The van der Waals surface area contributed by atoms with E-state index in [1.54, 1.807) is 42.5 Å². The van der Waals surface area contributed by atoms with Gasteiger partial charge in [0.25, 0.3) is 0 Å². The summed E-state index contributed by atoms with van der Waals surface area (Å²) in [6, 6.07) is 12.0. The van der Waals surface area contributed by atoms with E-state index in [9.17, 15) is 18.0 Å². The minimum atomic E-state index is -3.65. The Kier molecular flexibility index (Phi) is 8.08. The van der Waals surface area contributed by atoms with Crippen LogP contribution in [0.15, 0.2) is 58.6 Å². The molecule has 2 aliphatic rings. The van der Waals surface area contributed by atoms with Crippen LogP contribution in [0.25, 0.3) is 0 Å². The van der Waals surface area contributed by atoms with Crippen molar-refractivity contribution in [3.8, 4) is 0 Å². The first-order valence-corrected chi connectivity index (χ1v) is 13.4. The second kappa shape index (κ2) is 11.1. The number of halogens is 1. The number of para-hydroxylation sites is 1. The molecule has 1 saturated heterocycles. The molecule has 2 aromatic rings. The number of aryl methyl sites for hydroxylation is 1. The first-order chi connectivity index (χ1) is 17.7. The molecule has 2 aliphatic heterocycles. The Balaban J connectivity index is 1.65. The third-order valence-corrected chi connectivity index (χ3v) is 8.52. The van der Waals surface area contributed by atoms with E-state index in [1.165, 1.54) is 23.4 Å². The Morgan fingerprint density at radius 3 is 2.22 bits per heavy atom. The summed E-state index contributed by atoms with van der Waals surface area (Å²) in [6.45, 7) is 2.96. The van der Waals surface area contributed by atoms with Gasteiger partial charge in [-0.1, -0.05) is 35.4 Å². The van der Waals surface area contributed by atoms with Crippen LogP contribution in [0.1, 0.15) is 5.56 Å². The van der Waals surface area contributed by atoms with E-state index < -0.39 is 22.0 Å². The summed E-state index contributed by atoms with van der Waals surface area (Å²) in [5.74, 6) is -1.42. The van der Waals surface area contributed by atoms with E-state index in [-0.39, 0.29) is 42.6 Å². The first-order valence-electron chi connectivity index (χ1n) is 11.5. The van der Waals surface area contributed by atoms with Gasteiger partial charge in [-0.2, -0.15) is 4.31 Å². The topological polar surface area (TPSA) is 106 Å². The maximum Gasteiger partial charge on any atom is 0.355 e. The molecule has 2 aromatic carbocycles. The number of hydrogen-bond acceptors (Lipinski definition) is 9. The van der Waals surface area contributed by atoms with Crippen LogP contribution in [0, 0.1) is 6.92 Å². The monoisotopic (exact) mass is 549 g/mol. The third kappa shape index (κ3) is 5.30. The van der Waals surface area contributed by atoms with Crippen LogP contribution >= 0.6 is 11.6 Å². The zero-order chi connectivity index (χ0) is 26.7. The van der Waals surface area contributed by atoms with Gasteiger partial charge >= 0.3 is 11.9 Å². The van der Waals surface area contributed by atoms with E-state index >= 15 is 0 Å². The number of esters is 2. The number of methoxy groups -OCH3 is 2. The number of benzene rings is 2. The van der Waals surface area contributed by atoms with Crippen LogP contribution in [0.3, 0.4) is 0 Å². The molecule has 0 N–H and O–H groups in total. The van der Waals surface area contributed by atoms with Crippen molar-refractivity contribution < 1.29 is 32.2 Å². The van der Waals surface area contributed by atoms with Gasteiger partial charge < -0.3 is 24.0 Å². The van der Waals surface area contributed by atoms with Crippen molar-refractivity contribution in [1.29, 1.82) is 0 Å². The highest BCUT2D eigenvalue weighted by atomic mass is 35.5. The van der Waals surface area contributed by atoms with E-state index in [1.807, 2.05) is 11.8 Å². The van der Waals surface area contributed by atoms with Crippen LogP contribution in [0.2, 0.25) is 5.02 Å². The summed E-state index contributed by atoms with van der Waals surface area (Å²) in [5, 5.41) is 0.404. The zero-order valence-electron chi connectivity index (χ0n) is 20.8. The molecule has 0 unspecified atom stereocenters. The number of rotatable bonds is 6. The van der Waals surface area contributed by atoms with Crippen molar-refractivity contribution in [1.82, 2.24) is 4.31 Å². The fraction of sp³-hybridized carbons (Fsp3) is 0.360. The molecule has 0 amide bonds. The average molecular weight is 550 g/mol. The van der Waals surface area contributed by atoms with E-state index in [0.717, 1.165) is 5.56 Å². The summed E-state index contributed by atoms with van der Waals surface area (Å²) >= 11 is 6.64. The molecule has 12 heteroatoms. The fourth-order valence-electron chi connectivity index (χ4n) is 4.38. The van der Waals surface area contributed by atoms with Gasteiger partial charge in [-0.05, 0) is 31.2 Å².